The summed E-state index contributed by atoms with van der Waals surface area (Å²) in [5.74, 6) is -0.666. The number of amides is 2. The van der Waals surface area contributed by atoms with Crippen LogP contribution in [0.5, 0.6) is 5.75 Å². The maximum atomic E-state index is 14.5. The second-order valence-electron chi connectivity index (χ2n) is 9.42. The molecular formula is C33H34N4O3. The molecule has 3 N–H and O–H groups in total. The minimum Gasteiger partial charge on any atom is -0.497 e. The van der Waals surface area contributed by atoms with Gasteiger partial charge in [-0.15, -0.1) is 0 Å². The fourth-order valence-electron chi connectivity index (χ4n) is 4.67. The Morgan fingerprint density at radius 3 is 1.90 bits per heavy atom. The van der Waals surface area contributed by atoms with Gasteiger partial charge in [0.2, 0.25) is 11.8 Å². The molecule has 4 aromatic rings. The van der Waals surface area contributed by atoms with E-state index in [9.17, 15) is 9.59 Å². The normalized spacial score (nSPS) is 11.8. The average Bonchev–Trinajstić information content (AvgIpc) is 3.00. The molecule has 4 rings (SSSR count). The van der Waals surface area contributed by atoms with Gasteiger partial charge >= 0.3 is 0 Å². The Morgan fingerprint density at radius 1 is 0.850 bits per heavy atom. The van der Waals surface area contributed by atoms with E-state index in [1.807, 2.05) is 109 Å². The topological polar surface area (TPSA) is 97.0 Å². The number of rotatable bonds is 12. The number of nitrogens with two attached hydrogens (primary N) is 1. The van der Waals surface area contributed by atoms with Crippen LogP contribution in [-0.4, -0.2) is 43.3 Å². The van der Waals surface area contributed by atoms with E-state index in [4.69, 9.17) is 10.5 Å². The quantitative estimate of drug-likeness (QED) is 0.197. The third-order valence-corrected chi connectivity index (χ3v) is 6.76. The summed E-state index contributed by atoms with van der Waals surface area (Å²) in [7, 11) is 3.29. The molecule has 0 radical (unpaired) electrons. The van der Waals surface area contributed by atoms with E-state index in [0.29, 0.717) is 5.75 Å². The molecule has 1 atom stereocenters. The second kappa shape index (κ2) is 13.8. The number of carbonyl (C=O) groups excluding carboxylic acids is 2. The molecule has 0 aliphatic heterocycles. The molecular weight excluding hydrogens is 500 g/mol. The van der Waals surface area contributed by atoms with Gasteiger partial charge in [0.1, 0.15) is 11.8 Å². The number of carbonyl (C=O) groups is 2. The number of primary amides is 1. The first-order chi connectivity index (χ1) is 19.5. The van der Waals surface area contributed by atoms with Gasteiger partial charge in [0.05, 0.1) is 19.4 Å². The maximum Gasteiger partial charge on any atom is 0.240 e. The Morgan fingerprint density at radius 2 is 1.40 bits per heavy atom. The lowest BCUT2D eigenvalue weighted by Crippen LogP contribution is -2.50. The summed E-state index contributed by atoms with van der Waals surface area (Å²) in [4.78, 5) is 33.1. The Balaban J connectivity index is 1.74. The largest absolute Gasteiger partial charge is 0.497 e. The van der Waals surface area contributed by atoms with Crippen molar-refractivity contribution in [3.63, 3.8) is 0 Å². The number of anilines is 1. The van der Waals surface area contributed by atoms with Crippen molar-refractivity contribution in [2.75, 3.05) is 19.5 Å². The lowest BCUT2D eigenvalue weighted by molar-refractivity contribution is -0.140. The average molecular weight is 535 g/mol. The highest BCUT2D eigenvalue weighted by molar-refractivity contribution is 5.92. The van der Waals surface area contributed by atoms with Crippen molar-refractivity contribution in [3.05, 3.63) is 131 Å². The molecule has 0 saturated carbocycles. The maximum absolute atomic E-state index is 14.5. The van der Waals surface area contributed by atoms with Crippen LogP contribution in [0.15, 0.2) is 114 Å². The van der Waals surface area contributed by atoms with Gasteiger partial charge in [-0.25, -0.2) is 0 Å². The molecule has 0 aliphatic carbocycles. The monoisotopic (exact) mass is 534 g/mol. The van der Waals surface area contributed by atoms with Crippen LogP contribution in [-0.2, 0) is 22.6 Å². The van der Waals surface area contributed by atoms with Crippen LogP contribution in [0.3, 0.4) is 0 Å². The summed E-state index contributed by atoms with van der Waals surface area (Å²) in [5.41, 5.74) is 10.3. The van der Waals surface area contributed by atoms with E-state index in [2.05, 4.69) is 10.3 Å². The fraction of sp³-hybridized carbons (Fsp3) is 0.182. The zero-order chi connectivity index (χ0) is 28.3. The summed E-state index contributed by atoms with van der Waals surface area (Å²) >= 11 is 0. The molecule has 4 aromatic carbocycles. The van der Waals surface area contributed by atoms with Gasteiger partial charge < -0.3 is 20.7 Å². The van der Waals surface area contributed by atoms with Crippen LogP contribution in [0, 0.1) is 0 Å². The summed E-state index contributed by atoms with van der Waals surface area (Å²) in [6.45, 7) is 0.208. The number of aliphatic imine (C=N–C) groups is 1. The molecule has 0 saturated heterocycles. The van der Waals surface area contributed by atoms with Gasteiger partial charge in [-0.1, -0.05) is 84.9 Å². The molecule has 7 nitrogen and oxygen atoms in total. The molecule has 0 bridgehead atoms. The third kappa shape index (κ3) is 7.14. The molecule has 0 fully saturated rings. The summed E-state index contributed by atoms with van der Waals surface area (Å²) in [6.07, 6.45) is 1.87. The minimum absolute atomic E-state index is 0.200. The van der Waals surface area contributed by atoms with Crippen molar-refractivity contribution in [1.29, 1.82) is 0 Å². The van der Waals surface area contributed by atoms with E-state index >= 15 is 0 Å². The zero-order valence-corrected chi connectivity index (χ0v) is 22.7. The van der Waals surface area contributed by atoms with Gasteiger partial charge in [-0.2, -0.15) is 0 Å². The smallest absolute Gasteiger partial charge is 0.240 e. The zero-order valence-electron chi connectivity index (χ0n) is 22.7. The number of nitrogens with zero attached hydrogens (tertiary/aromatic N) is 2. The minimum atomic E-state index is -0.875. The molecule has 0 spiro atoms. The first-order valence-corrected chi connectivity index (χ1v) is 13.1. The van der Waals surface area contributed by atoms with Crippen LogP contribution < -0.4 is 15.8 Å². The third-order valence-electron chi connectivity index (χ3n) is 6.76. The molecule has 7 heteroatoms. The number of benzene rings is 4. The van der Waals surface area contributed by atoms with Crippen molar-refractivity contribution in [2.24, 2.45) is 10.7 Å². The van der Waals surface area contributed by atoms with Crippen molar-refractivity contribution in [1.82, 2.24) is 4.90 Å². The van der Waals surface area contributed by atoms with Crippen molar-refractivity contribution in [3.8, 4) is 5.75 Å². The number of nitrogens with one attached hydrogen (secondary N) is 1. The van der Waals surface area contributed by atoms with E-state index in [1.54, 1.807) is 25.4 Å². The van der Waals surface area contributed by atoms with E-state index in [1.165, 1.54) is 0 Å². The SMILES string of the molecule is CN=CNc1ccc(C[C@H](C(N)=O)N(Cc2ccc(OC)cc2)C(=O)C(c2ccccc2)c2ccccc2)cc1. The molecule has 0 aromatic heterocycles. The highest BCUT2D eigenvalue weighted by Gasteiger charge is 2.34. The van der Waals surface area contributed by atoms with Gasteiger partial charge in [0.25, 0.3) is 0 Å². The van der Waals surface area contributed by atoms with Gasteiger partial charge in [-0.3, -0.25) is 14.6 Å². The molecule has 2 amide bonds. The summed E-state index contributed by atoms with van der Waals surface area (Å²) in [5, 5.41) is 3.07. The molecule has 0 aliphatic rings. The van der Waals surface area contributed by atoms with Crippen LogP contribution >= 0.6 is 0 Å². The number of hydrogen-bond donors (Lipinski definition) is 2. The fourth-order valence-corrected chi connectivity index (χ4v) is 4.67. The highest BCUT2D eigenvalue weighted by Crippen LogP contribution is 2.29. The second-order valence-corrected chi connectivity index (χ2v) is 9.42. The van der Waals surface area contributed by atoms with E-state index in [-0.39, 0.29) is 18.9 Å². The van der Waals surface area contributed by atoms with Crippen molar-refractivity contribution < 1.29 is 14.3 Å². The predicted molar refractivity (Wildman–Crippen MR) is 159 cm³/mol. The van der Waals surface area contributed by atoms with Crippen molar-refractivity contribution >= 4 is 23.8 Å². The summed E-state index contributed by atoms with van der Waals surface area (Å²) in [6, 6.07) is 33.5. The molecule has 0 unspecified atom stereocenters. The molecule has 204 valence electrons. The standard InChI is InChI=1S/C33H34N4O3/c1-35-23-36-28-17-13-24(14-18-28)21-30(32(34)38)37(22-25-15-19-29(40-2)20-16-25)33(39)31(26-9-5-3-6-10-26)27-11-7-4-8-12-27/h3-20,23,30-31H,21-22H2,1-2H3,(H2,34,38)(H,35,36)/t30-/m1/s1. The van der Waals surface area contributed by atoms with Gasteiger partial charge in [0.15, 0.2) is 0 Å². The van der Waals surface area contributed by atoms with Crippen LogP contribution in [0.25, 0.3) is 0 Å². The Hall–Kier alpha value is -4.91. The van der Waals surface area contributed by atoms with E-state index < -0.39 is 17.9 Å². The Bertz CT molecular complexity index is 1370. The summed E-state index contributed by atoms with van der Waals surface area (Å²) < 4.78 is 5.31. The number of methoxy groups -OCH3 is 1. The first-order valence-electron chi connectivity index (χ1n) is 13.1. The lowest BCUT2D eigenvalue weighted by Gasteiger charge is -2.33. The van der Waals surface area contributed by atoms with Crippen molar-refractivity contribution in [2.45, 2.75) is 24.9 Å². The Kier molecular flexibility index (Phi) is 9.67. The molecule has 40 heavy (non-hydrogen) atoms. The Labute approximate surface area is 235 Å². The molecule has 0 heterocycles. The highest BCUT2D eigenvalue weighted by atomic mass is 16.5. The van der Waals surface area contributed by atoms with Crippen LogP contribution in [0.4, 0.5) is 5.69 Å². The van der Waals surface area contributed by atoms with Crippen LogP contribution in [0.2, 0.25) is 0 Å². The van der Waals surface area contributed by atoms with E-state index in [0.717, 1.165) is 27.9 Å². The lowest BCUT2D eigenvalue weighted by atomic mass is 9.89. The predicted octanol–water partition coefficient (Wildman–Crippen LogP) is 5.02. The van der Waals surface area contributed by atoms with Gasteiger partial charge in [-0.05, 0) is 46.5 Å². The first kappa shape index (κ1) is 28.1. The number of ether oxygens (including phenoxy) is 1. The van der Waals surface area contributed by atoms with Crippen LogP contribution in [0.1, 0.15) is 28.2 Å². The van der Waals surface area contributed by atoms with Gasteiger partial charge in [0, 0.05) is 25.7 Å². The number of hydrogen-bond acceptors (Lipinski definition) is 4.